The van der Waals surface area contributed by atoms with Gasteiger partial charge in [-0.15, -0.1) is 0 Å². The Balaban J connectivity index is 2.81. The zero-order chi connectivity index (χ0) is 11.9. The fourth-order valence-corrected chi connectivity index (χ4v) is 3.81. The zero-order valence-electron chi connectivity index (χ0n) is 11.9. The molecule has 0 aliphatic heterocycles. The predicted octanol–water partition coefficient (Wildman–Crippen LogP) is 4.45. The van der Waals surface area contributed by atoms with Gasteiger partial charge in [0.25, 0.3) is 0 Å². The summed E-state index contributed by atoms with van der Waals surface area (Å²) in [6.07, 6.45) is 4.32. The van der Waals surface area contributed by atoms with E-state index in [2.05, 4.69) is 59.3 Å². The Labute approximate surface area is 106 Å². The van der Waals surface area contributed by atoms with Gasteiger partial charge in [0.15, 0.2) is 0 Å². The van der Waals surface area contributed by atoms with Gasteiger partial charge in [-0.25, -0.2) is 0 Å². The Morgan fingerprint density at radius 2 is 1.13 bits per heavy atom. The van der Waals surface area contributed by atoms with Crippen molar-refractivity contribution in [2.24, 2.45) is 22.7 Å². The van der Waals surface area contributed by atoms with Gasteiger partial charge in [-0.1, -0.05) is 0 Å². The minimum absolute atomic E-state index is 0.489. The molecule has 0 aromatic carbocycles. The molecule has 1 fully saturated rings. The molecule has 0 aromatic rings. The van der Waals surface area contributed by atoms with Crippen molar-refractivity contribution in [3.63, 3.8) is 0 Å². The molecule has 0 saturated heterocycles. The van der Waals surface area contributed by atoms with Crippen LogP contribution in [0.1, 0.15) is 60.8 Å². The number of hydrogen-bond donors (Lipinski definition) is 0. The molecule has 1 heteroatoms. The molecule has 15 heavy (non-hydrogen) atoms. The Bertz CT molecular complexity index is 184. The summed E-state index contributed by atoms with van der Waals surface area (Å²) in [7, 11) is 0. The Morgan fingerprint density at radius 3 is 1.40 bits per heavy atom. The zero-order valence-corrected chi connectivity index (χ0v) is 11.9. The summed E-state index contributed by atoms with van der Waals surface area (Å²) in [4.78, 5) is 0. The van der Waals surface area contributed by atoms with Crippen molar-refractivity contribution in [3.05, 3.63) is 0 Å². The van der Waals surface area contributed by atoms with Crippen LogP contribution in [0.2, 0.25) is 4.59 Å². The molecule has 0 radical (unpaired) electrons. The fourth-order valence-electron chi connectivity index (χ4n) is 3.81. The van der Waals surface area contributed by atoms with Gasteiger partial charge < -0.3 is 0 Å². The summed E-state index contributed by atoms with van der Waals surface area (Å²) in [6, 6.07) is 0. The molecule has 1 aliphatic rings. The van der Waals surface area contributed by atoms with E-state index in [1.54, 1.807) is 0 Å². The molecule has 0 N–H and O–H groups in total. The van der Waals surface area contributed by atoms with Crippen molar-refractivity contribution in [1.29, 1.82) is 0 Å². The summed E-state index contributed by atoms with van der Waals surface area (Å²) in [5.41, 5.74) is 0.979. The van der Waals surface area contributed by atoms with Crippen LogP contribution in [0.5, 0.6) is 0 Å². The molecule has 2 unspecified atom stereocenters. The standard InChI is InChI=1S/C14H27.Li/c1-13(2,3)11-8-7-9-12(10-11)14(4,5)6;/h10-12H,7-9H2,1-6H3;. The second-order valence-electron chi connectivity index (χ2n) is 7.74. The summed E-state index contributed by atoms with van der Waals surface area (Å²) >= 11 is 2.49. The van der Waals surface area contributed by atoms with E-state index in [4.69, 9.17) is 0 Å². The molecular weight excluding hydrogens is 175 g/mol. The van der Waals surface area contributed by atoms with E-state index in [9.17, 15) is 0 Å². The number of hydrogen-bond acceptors (Lipinski definition) is 0. The van der Waals surface area contributed by atoms with Gasteiger partial charge in [-0.05, 0) is 0 Å². The summed E-state index contributed by atoms with van der Waals surface area (Å²) in [5.74, 6) is 1.82. The Hall–Kier alpha value is 0.597. The molecule has 0 bridgehead atoms. The van der Waals surface area contributed by atoms with Gasteiger partial charge in [0, 0.05) is 0 Å². The van der Waals surface area contributed by atoms with E-state index in [-0.39, 0.29) is 0 Å². The van der Waals surface area contributed by atoms with Gasteiger partial charge in [0.05, 0.1) is 0 Å². The van der Waals surface area contributed by atoms with E-state index in [0.717, 1.165) is 16.4 Å². The second-order valence-corrected chi connectivity index (χ2v) is 7.74. The minimum atomic E-state index is 0.489. The molecule has 0 aromatic heterocycles. The first-order valence-electron chi connectivity index (χ1n) is 6.64. The van der Waals surface area contributed by atoms with Crippen LogP contribution in [0.4, 0.5) is 0 Å². The average molecular weight is 202 g/mol. The quantitative estimate of drug-likeness (QED) is 0.509. The van der Waals surface area contributed by atoms with Crippen molar-refractivity contribution in [2.75, 3.05) is 0 Å². The molecule has 1 saturated carbocycles. The van der Waals surface area contributed by atoms with Crippen molar-refractivity contribution in [3.8, 4) is 0 Å². The first kappa shape index (κ1) is 13.7. The van der Waals surface area contributed by atoms with Gasteiger partial charge in [-0.2, -0.15) is 0 Å². The monoisotopic (exact) mass is 202 g/mol. The van der Waals surface area contributed by atoms with Crippen LogP contribution in [0.15, 0.2) is 0 Å². The van der Waals surface area contributed by atoms with E-state index >= 15 is 0 Å². The third-order valence-corrected chi connectivity index (χ3v) is 4.52. The SMILES string of the molecule is [Li][CH]1C(C(C)(C)C)CCCC1C(C)(C)C. The average Bonchev–Trinajstić information content (AvgIpc) is 1.99. The predicted molar refractivity (Wildman–Crippen MR) is 69.2 cm³/mol. The maximum atomic E-state index is 2.49. The topological polar surface area (TPSA) is 0 Å². The van der Waals surface area contributed by atoms with Crippen LogP contribution in [0.25, 0.3) is 0 Å². The van der Waals surface area contributed by atoms with Crippen molar-refractivity contribution in [2.45, 2.75) is 65.4 Å². The van der Waals surface area contributed by atoms with Gasteiger partial charge in [-0.3, -0.25) is 0 Å². The Kier molecular flexibility index (Phi) is 4.06. The Morgan fingerprint density at radius 1 is 0.800 bits per heavy atom. The molecule has 0 amide bonds. The molecule has 84 valence electrons. The van der Waals surface area contributed by atoms with Crippen molar-refractivity contribution >= 4 is 17.7 Å². The maximum absolute atomic E-state index is 2.49. The number of rotatable bonds is 0. The van der Waals surface area contributed by atoms with E-state index in [1.165, 1.54) is 19.3 Å². The van der Waals surface area contributed by atoms with Crippen molar-refractivity contribution in [1.82, 2.24) is 0 Å². The van der Waals surface area contributed by atoms with Crippen LogP contribution in [-0.2, 0) is 0 Å². The van der Waals surface area contributed by atoms with Crippen LogP contribution in [0, 0.1) is 22.7 Å². The summed E-state index contributed by atoms with van der Waals surface area (Å²) in [5, 5.41) is 0. The molecule has 1 aliphatic carbocycles. The molecule has 0 spiro atoms. The van der Waals surface area contributed by atoms with E-state index in [0.29, 0.717) is 10.8 Å². The summed E-state index contributed by atoms with van der Waals surface area (Å²) < 4.78 is 0.888. The third-order valence-electron chi connectivity index (χ3n) is 4.52. The normalized spacial score (nSPS) is 34.3. The molecular formula is C14H27Li. The van der Waals surface area contributed by atoms with Crippen LogP contribution in [0.3, 0.4) is 0 Å². The molecule has 0 nitrogen and oxygen atoms in total. The second kappa shape index (κ2) is 4.46. The van der Waals surface area contributed by atoms with E-state index < -0.39 is 0 Å². The molecule has 2 atom stereocenters. The van der Waals surface area contributed by atoms with Crippen LogP contribution in [-0.4, -0.2) is 17.7 Å². The van der Waals surface area contributed by atoms with Crippen molar-refractivity contribution < 1.29 is 0 Å². The first-order valence-corrected chi connectivity index (χ1v) is 6.64. The van der Waals surface area contributed by atoms with Gasteiger partial charge >= 0.3 is 106 Å². The van der Waals surface area contributed by atoms with Crippen LogP contribution >= 0.6 is 0 Å². The third kappa shape index (κ3) is 3.27. The molecule has 1 rings (SSSR count). The molecule has 0 heterocycles. The first-order chi connectivity index (χ1) is 6.64. The van der Waals surface area contributed by atoms with Gasteiger partial charge in [0.2, 0.25) is 0 Å². The van der Waals surface area contributed by atoms with Gasteiger partial charge in [0.1, 0.15) is 0 Å². The van der Waals surface area contributed by atoms with Crippen LogP contribution < -0.4 is 0 Å². The summed E-state index contributed by atoms with van der Waals surface area (Å²) in [6.45, 7) is 14.5. The van der Waals surface area contributed by atoms with E-state index in [1.807, 2.05) is 0 Å². The fraction of sp³-hybridized carbons (Fsp3) is 1.00.